The summed E-state index contributed by atoms with van der Waals surface area (Å²) < 4.78 is 1.04. The van der Waals surface area contributed by atoms with Crippen molar-refractivity contribution in [3.8, 4) is 11.3 Å². The summed E-state index contributed by atoms with van der Waals surface area (Å²) in [7, 11) is 0. The maximum absolute atomic E-state index is 6.18. The van der Waals surface area contributed by atoms with Gasteiger partial charge in [-0.15, -0.1) is 0 Å². The zero-order valence-electron chi connectivity index (χ0n) is 9.40. The quantitative estimate of drug-likeness (QED) is 0.543. The van der Waals surface area contributed by atoms with Crippen LogP contribution in [0.15, 0.2) is 54.7 Å². The number of benzene rings is 2. The summed E-state index contributed by atoms with van der Waals surface area (Å²) in [6.45, 7) is 0. The van der Waals surface area contributed by atoms with Crippen molar-refractivity contribution < 1.29 is 0 Å². The molecule has 0 aliphatic heterocycles. The molecule has 2 aromatic carbocycles. The summed E-state index contributed by atoms with van der Waals surface area (Å²) in [5.74, 6) is 0. The monoisotopic (exact) mass is 365 g/mol. The second kappa shape index (κ2) is 4.86. The third-order valence-electron chi connectivity index (χ3n) is 2.88. The van der Waals surface area contributed by atoms with E-state index in [0.717, 1.165) is 25.2 Å². The minimum atomic E-state index is 0.767. The number of hydrogen-bond donors (Lipinski definition) is 0. The summed E-state index contributed by atoms with van der Waals surface area (Å²) in [5, 5.41) is 3.11. The topological polar surface area (TPSA) is 12.9 Å². The SMILES string of the molecule is Clc1cccc(-c2nccc3ccccc23)c1I. The molecule has 1 nitrogen and oxygen atoms in total. The number of halogens is 2. The number of pyridine rings is 1. The van der Waals surface area contributed by atoms with Crippen molar-refractivity contribution in [3.63, 3.8) is 0 Å². The zero-order chi connectivity index (χ0) is 12.5. The molecule has 0 spiro atoms. The predicted molar refractivity (Wildman–Crippen MR) is 84.9 cm³/mol. The molecule has 0 atom stereocenters. The molecular weight excluding hydrogens is 357 g/mol. The lowest BCUT2D eigenvalue weighted by Crippen LogP contribution is -1.89. The van der Waals surface area contributed by atoms with E-state index >= 15 is 0 Å². The molecule has 1 aromatic heterocycles. The highest BCUT2D eigenvalue weighted by molar-refractivity contribution is 14.1. The van der Waals surface area contributed by atoms with Gasteiger partial charge in [0, 0.05) is 20.7 Å². The van der Waals surface area contributed by atoms with Crippen LogP contribution in [0.2, 0.25) is 5.02 Å². The molecule has 0 radical (unpaired) electrons. The van der Waals surface area contributed by atoms with Crippen LogP contribution in [0.25, 0.3) is 22.0 Å². The van der Waals surface area contributed by atoms with E-state index in [4.69, 9.17) is 11.6 Å². The van der Waals surface area contributed by atoms with E-state index in [0.29, 0.717) is 0 Å². The van der Waals surface area contributed by atoms with Gasteiger partial charge in [0.2, 0.25) is 0 Å². The fourth-order valence-corrected chi connectivity index (χ4v) is 2.81. The highest BCUT2D eigenvalue weighted by Gasteiger charge is 2.10. The van der Waals surface area contributed by atoms with Crippen LogP contribution < -0.4 is 0 Å². The summed E-state index contributed by atoms with van der Waals surface area (Å²) in [5.41, 5.74) is 2.07. The normalized spacial score (nSPS) is 10.8. The Morgan fingerprint density at radius 1 is 0.944 bits per heavy atom. The molecule has 0 bridgehead atoms. The Hall–Kier alpha value is -1.13. The first-order valence-electron chi connectivity index (χ1n) is 5.55. The van der Waals surface area contributed by atoms with Crippen molar-refractivity contribution >= 4 is 45.0 Å². The molecule has 18 heavy (non-hydrogen) atoms. The standard InChI is InChI=1S/C15H9ClIN/c16-13-7-3-6-12(14(13)17)15-11-5-2-1-4-10(11)8-9-18-15/h1-9H. The highest BCUT2D eigenvalue weighted by atomic mass is 127. The van der Waals surface area contributed by atoms with Crippen LogP contribution in [-0.2, 0) is 0 Å². The van der Waals surface area contributed by atoms with Gasteiger partial charge in [-0.3, -0.25) is 4.98 Å². The van der Waals surface area contributed by atoms with Crippen LogP contribution in [0.4, 0.5) is 0 Å². The first-order chi connectivity index (χ1) is 8.77. The molecule has 1 heterocycles. The second-order valence-electron chi connectivity index (χ2n) is 3.98. The minimum Gasteiger partial charge on any atom is -0.256 e. The Bertz CT molecular complexity index is 719. The van der Waals surface area contributed by atoms with Crippen LogP contribution >= 0.6 is 34.2 Å². The molecule has 0 aliphatic rings. The van der Waals surface area contributed by atoms with Crippen molar-refractivity contribution in [2.75, 3.05) is 0 Å². The molecule has 3 rings (SSSR count). The largest absolute Gasteiger partial charge is 0.256 e. The molecule has 88 valence electrons. The van der Waals surface area contributed by atoms with Crippen molar-refractivity contribution in [2.45, 2.75) is 0 Å². The van der Waals surface area contributed by atoms with Gasteiger partial charge in [-0.1, -0.05) is 48.0 Å². The predicted octanol–water partition coefficient (Wildman–Crippen LogP) is 5.16. The molecule has 0 N–H and O–H groups in total. The molecule has 3 heteroatoms. The van der Waals surface area contributed by atoms with Gasteiger partial charge in [-0.25, -0.2) is 0 Å². The number of fused-ring (bicyclic) bond motifs is 1. The van der Waals surface area contributed by atoms with Gasteiger partial charge in [0.25, 0.3) is 0 Å². The van der Waals surface area contributed by atoms with E-state index in [-0.39, 0.29) is 0 Å². The Balaban J connectivity index is 2.35. The van der Waals surface area contributed by atoms with Crippen molar-refractivity contribution in [1.82, 2.24) is 4.98 Å². The van der Waals surface area contributed by atoms with Crippen LogP contribution in [0, 0.1) is 3.57 Å². The second-order valence-corrected chi connectivity index (χ2v) is 5.47. The lowest BCUT2D eigenvalue weighted by molar-refractivity contribution is 1.35. The van der Waals surface area contributed by atoms with Crippen LogP contribution in [0.5, 0.6) is 0 Å². The van der Waals surface area contributed by atoms with Crippen molar-refractivity contribution in [2.24, 2.45) is 0 Å². The summed E-state index contributed by atoms with van der Waals surface area (Å²) in [6, 6.07) is 16.2. The first-order valence-corrected chi connectivity index (χ1v) is 7.01. The molecule has 0 aliphatic carbocycles. The van der Waals surface area contributed by atoms with E-state index < -0.39 is 0 Å². The van der Waals surface area contributed by atoms with E-state index in [1.54, 1.807) is 0 Å². The average molecular weight is 366 g/mol. The van der Waals surface area contributed by atoms with Gasteiger partial charge in [0.1, 0.15) is 0 Å². The van der Waals surface area contributed by atoms with Gasteiger partial charge in [0.15, 0.2) is 0 Å². The summed E-state index contributed by atoms with van der Waals surface area (Å²) in [6.07, 6.45) is 1.84. The maximum atomic E-state index is 6.18. The first kappa shape index (κ1) is 11.9. The fourth-order valence-electron chi connectivity index (χ4n) is 2.02. The highest BCUT2D eigenvalue weighted by Crippen LogP contribution is 2.33. The molecule has 0 amide bonds. The van der Waals surface area contributed by atoms with Crippen LogP contribution in [-0.4, -0.2) is 4.98 Å². The smallest absolute Gasteiger partial charge is 0.0791 e. The Labute approximate surface area is 124 Å². The fraction of sp³-hybridized carbons (Fsp3) is 0. The maximum Gasteiger partial charge on any atom is 0.0791 e. The Kier molecular flexibility index (Phi) is 3.22. The van der Waals surface area contributed by atoms with Gasteiger partial charge in [-0.05, 0) is 40.1 Å². The Morgan fingerprint density at radius 2 is 1.78 bits per heavy atom. The van der Waals surface area contributed by atoms with Gasteiger partial charge in [-0.2, -0.15) is 0 Å². The summed E-state index contributed by atoms with van der Waals surface area (Å²) >= 11 is 8.45. The summed E-state index contributed by atoms with van der Waals surface area (Å²) in [4.78, 5) is 4.52. The third kappa shape index (κ3) is 1.99. The minimum absolute atomic E-state index is 0.767. The number of hydrogen-bond acceptors (Lipinski definition) is 1. The van der Waals surface area contributed by atoms with E-state index in [9.17, 15) is 0 Å². The van der Waals surface area contributed by atoms with Gasteiger partial charge < -0.3 is 0 Å². The van der Waals surface area contributed by atoms with Crippen molar-refractivity contribution in [1.29, 1.82) is 0 Å². The van der Waals surface area contributed by atoms with Gasteiger partial charge in [0.05, 0.1) is 10.7 Å². The molecule has 0 saturated carbocycles. The molecule has 0 saturated heterocycles. The molecule has 0 fully saturated rings. The van der Waals surface area contributed by atoms with E-state index in [2.05, 4.69) is 45.8 Å². The van der Waals surface area contributed by atoms with E-state index in [1.807, 2.05) is 36.5 Å². The van der Waals surface area contributed by atoms with Crippen molar-refractivity contribution in [3.05, 3.63) is 63.3 Å². The molecule has 0 unspecified atom stereocenters. The average Bonchev–Trinajstić information content (AvgIpc) is 2.41. The number of aromatic nitrogens is 1. The molecular formula is C15H9ClIN. The third-order valence-corrected chi connectivity index (χ3v) is 4.68. The number of nitrogens with zero attached hydrogens (tertiary/aromatic N) is 1. The van der Waals surface area contributed by atoms with Crippen LogP contribution in [0.1, 0.15) is 0 Å². The van der Waals surface area contributed by atoms with Gasteiger partial charge >= 0.3 is 0 Å². The zero-order valence-corrected chi connectivity index (χ0v) is 12.3. The molecule has 3 aromatic rings. The Morgan fingerprint density at radius 3 is 2.67 bits per heavy atom. The number of rotatable bonds is 1. The van der Waals surface area contributed by atoms with Crippen LogP contribution in [0.3, 0.4) is 0 Å². The lowest BCUT2D eigenvalue weighted by Gasteiger charge is -2.08. The lowest BCUT2D eigenvalue weighted by atomic mass is 10.0. The van der Waals surface area contributed by atoms with E-state index in [1.165, 1.54) is 5.39 Å².